The van der Waals surface area contributed by atoms with Crippen molar-refractivity contribution in [1.82, 2.24) is 9.97 Å². The van der Waals surface area contributed by atoms with E-state index >= 15 is 0 Å². The average molecular weight is 394 g/mol. The molecule has 0 atom stereocenters. The molecule has 0 aliphatic heterocycles. The molecule has 0 saturated carbocycles. The lowest BCUT2D eigenvalue weighted by atomic mass is 10.00. The first-order chi connectivity index (χ1) is 13.9. The fraction of sp³-hybridized carbons (Fsp3) is 0.0870. The maximum absolute atomic E-state index is 12.6. The number of benzene rings is 3. The molecule has 29 heavy (non-hydrogen) atoms. The van der Waals surface area contributed by atoms with E-state index in [1.54, 1.807) is 12.2 Å². The number of alkyl halides is 3. The van der Waals surface area contributed by atoms with E-state index in [0.717, 1.165) is 39.9 Å². The second-order valence-corrected chi connectivity index (χ2v) is 6.62. The number of aliphatic hydroxyl groups is 1. The highest BCUT2D eigenvalue weighted by Crippen LogP contribution is 2.29. The van der Waals surface area contributed by atoms with E-state index in [-0.39, 0.29) is 6.61 Å². The van der Waals surface area contributed by atoms with Gasteiger partial charge in [0.15, 0.2) is 0 Å². The van der Waals surface area contributed by atoms with Crippen LogP contribution >= 0.6 is 0 Å². The summed E-state index contributed by atoms with van der Waals surface area (Å²) in [7, 11) is 0. The quantitative estimate of drug-likeness (QED) is 0.452. The number of aliphatic hydroxyl groups excluding tert-OH is 1. The van der Waals surface area contributed by atoms with Crippen LogP contribution in [-0.4, -0.2) is 15.1 Å². The summed E-state index contributed by atoms with van der Waals surface area (Å²) in [6.07, 6.45) is -0.906. The molecular formula is C23H17F3N2O. The molecule has 0 saturated heterocycles. The second-order valence-electron chi connectivity index (χ2n) is 6.62. The largest absolute Gasteiger partial charge is 0.416 e. The van der Waals surface area contributed by atoms with Gasteiger partial charge in [0.05, 0.1) is 23.2 Å². The fourth-order valence-corrected chi connectivity index (χ4v) is 3.17. The van der Waals surface area contributed by atoms with Crippen molar-refractivity contribution in [3.63, 3.8) is 0 Å². The normalized spacial score (nSPS) is 12.1. The van der Waals surface area contributed by atoms with E-state index < -0.39 is 11.7 Å². The van der Waals surface area contributed by atoms with Crippen molar-refractivity contribution in [3.05, 3.63) is 89.2 Å². The first-order valence-electron chi connectivity index (χ1n) is 8.98. The number of halogens is 3. The third-order valence-corrected chi connectivity index (χ3v) is 4.67. The Morgan fingerprint density at radius 2 is 1.69 bits per heavy atom. The molecule has 1 aromatic heterocycles. The lowest BCUT2D eigenvalue weighted by Crippen LogP contribution is -2.03. The molecule has 0 spiro atoms. The number of H-pyrrole nitrogens is 1. The number of nitrogens with one attached hydrogen (secondary N) is 1. The summed E-state index contributed by atoms with van der Waals surface area (Å²) in [6.45, 7) is -0.0434. The third-order valence-electron chi connectivity index (χ3n) is 4.67. The van der Waals surface area contributed by atoms with Crippen molar-refractivity contribution in [2.45, 2.75) is 12.8 Å². The minimum Gasteiger partial charge on any atom is -0.392 e. The molecule has 2 N–H and O–H groups in total. The number of nitrogens with zero attached hydrogens (tertiary/aromatic N) is 1. The molecule has 1 heterocycles. The van der Waals surface area contributed by atoms with Gasteiger partial charge in [-0.2, -0.15) is 13.2 Å². The Bertz CT molecular complexity index is 1170. The van der Waals surface area contributed by atoms with Crippen LogP contribution in [0.1, 0.15) is 22.5 Å². The van der Waals surface area contributed by atoms with Crippen molar-refractivity contribution < 1.29 is 18.3 Å². The van der Waals surface area contributed by atoms with Gasteiger partial charge in [0, 0.05) is 0 Å². The Morgan fingerprint density at radius 3 is 2.41 bits per heavy atom. The number of imidazole rings is 1. The Kier molecular flexibility index (Phi) is 4.94. The summed E-state index contributed by atoms with van der Waals surface area (Å²) >= 11 is 0. The molecule has 0 unspecified atom stereocenters. The fourth-order valence-electron chi connectivity index (χ4n) is 3.17. The number of aromatic amines is 1. The van der Waals surface area contributed by atoms with E-state index in [1.807, 2.05) is 42.5 Å². The van der Waals surface area contributed by atoms with Crippen molar-refractivity contribution in [3.8, 4) is 11.1 Å². The van der Waals surface area contributed by atoms with Crippen LogP contribution in [0.5, 0.6) is 0 Å². The van der Waals surface area contributed by atoms with E-state index in [1.165, 1.54) is 12.1 Å². The van der Waals surface area contributed by atoms with E-state index in [4.69, 9.17) is 0 Å². The molecule has 4 aromatic rings. The number of hydrogen-bond acceptors (Lipinski definition) is 2. The molecule has 146 valence electrons. The summed E-state index contributed by atoms with van der Waals surface area (Å²) in [5, 5.41) is 9.55. The second kappa shape index (κ2) is 7.56. The van der Waals surface area contributed by atoms with Gasteiger partial charge >= 0.3 is 6.18 Å². The SMILES string of the molecule is OCc1ccccc1-c1ccc2nc(/C=C/c3ccc(C(F)(F)F)cc3)[nH]c2c1. The van der Waals surface area contributed by atoms with Gasteiger partial charge in [-0.05, 0) is 52.6 Å². The first kappa shape index (κ1) is 19.0. The zero-order valence-corrected chi connectivity index (χ0v) is 15.2. The van der Waals surface area contributed by atoms with Crippen LogP contribution in [0.2, 0.25) is 0 Å². The smallest absolute Gasteiger partial charge is 0.392 e. The zero-order chi connectivity index (χ0) is 20.4. The van der Waals surface area contributed by atoms with Crippen LogP contribution in [0, 0.1) is 0 Å². The van der Waals surface area contributed by atoms with Gasteiger partial charge in [-0.25, -0.2) is 4.98 Å². The average Bonchev–Trinajstić information content (AvgIpc) is 3.14. The van der Waals surface area contributed by atoms with Crippen LogP contribution in [0.4, 0.5) is 13.2 Å². The van der Waals surface area contributed by atoms with Crippen molar-refractivity contribution in [2.75, 3.05) is 0 Å². The van der Waals surface area contributed by atoms with Gasteiger partial charge in [0.25, 0.3) is 0 Å². The molecule has 3 nitrogen and oxygen atoms in total. The Balaban J connectivity index is 1.60. The summed E-state index contributed by atoms with van der Waals surface area (Å²) in [5.41, 5.74) is 4.35. The maximum atomic E-state index is 12.6. The predicted molar refractivity (Wildman–Crippen MR) is 108 cm³/mol. The zero-order valence-electron chi connectivity index (χ0n) is 15.2. The van der Waals surface area contributed by atoms with Gasteiger partial charge in [-0.1, -0.05) is 48.5 Å². The summed E-state index contributed by atoms with van der Waals surface area (Å²) in [5.74, 6) is 0.604. The van der Waals surface area contributed by atoms with Crippen LogP contribution in [0.15, 0.2) is 66.7 Å². The van der Waals surface area contributed by atoms with E-state index in [2.05, 4.69) is 9.97 Å². The van der Waals surface area contributed by atoms with Crippen LogP contribution < -0.4 is 0 Å². The number of fused-ring (bicyclic) bond motifs is 1. The first-order valence-corrected chi connectivity index (χ1v) is 8.98. The Morgan fingerprint density at radius 1 is 0.931 bits per heavy atom. The molecule has 0 bridgehead atoms. The summed E-state index contributed by atoms with van der Waals surface area (Å²) < 4.78 is 37.9. The van der Waals surface area contributed by atoms with Crippen molar-refractivity contribution >= 4 is 23.2 Å². The van der Waals surface area contributed by atoms with Gasteiger partial charge in [-0.3, -0.25) is 0 Å². The molecule has 4 rings (SSSR count). The highest BCUT2D eigenvalue weighted by atomic mass is 19.4. The molecule has 0 amide bonds. The van der Waals surface area contributed by atoms with Gasteiger partial charge in [0.1, 0.15) is 5.82 Å². The van der Waals surface area contributed by atoms with E-state index in [9.17, 15) is 18.3 Å². The molecule has 0 radical (unpaired) electrons. The van der Waals surface area contributed by atoms with Crippen LogP contribution in [0.3, 0.4) is 0 Å². The van der Waals surface area contributed by atoms with Crippen LogP contribution in [-0.2, 0) is 12.8 Å². The Hall–Kier alpha value is -3.38. The number of aromatic nitrogens is 2. The number of hydrogen-bond donors (Lipinski definition) is 2. The molecule has 0 fully saturated rings. The summed E-state index contributed by atoms with van der Waals surface area (Å²) in [4.78, 5) is 7.70. The third kappa shape index (κ3) is 4.07. The predicted octanol–water partition coefficient (Wildman–Crippen LogP) is 5.91. The minimum absolute atomic E-state index is 0.0434. The van der Waals surface area contributed by atoms with Gasteiger partial charge < -0.3 is 10.1 Å². The molecule has 0 aliphatic rings. The topological polar surface area (TPSA) is 48.9 Å². The lowest BCUT2D eigenvalue weighted by molar-refractivity contribution is -0.137. The Labute approximate surface area is 165 Å². The molecule has 0 aliphatic carbocycles. The maximum Gasteiger partial charge on any atom is 0.416 e. The summed E-state index contributed by atoms with van der Waals surface area (Å²) in [6, 6.07) is 18.4. The standard InChI is InChI=1S/C23H17F3N2O/c24-23(25,26)18-9-5-15(6-10-18)7-12-22-27-20-11-8-16(13-21(20)28-22)19-4-2-1-3-17(19)14-29/h1-13,29H,14H2,(H,27,28)/b12-7+. The lowest BCUT2D eigenvalue weighted by Gasteiger charge is -2.07. The highest BCUT2D eigenvalue weighted by Gasteiger charge is 2.29. The van der Waals surface area contributed by atoms with Crippen molar-refractivity contribution in [1.29, 1.82) is 0 Å². The highest BCUT2D eigenvalue weighted by molar-refractivity contribution is 5.84. The monoisotopic (exact) mass is 394 g/mol. The molecule has 6 heteroatoms. The molecule has 3 aromatic carbocycles. The van der Waals surface area contributed by atoms with Gasteiger partial charge in [0.2, 0.25) is 0 Å². The van der Waals surface area contributed by atoms with Crippen molar-refractivity contribution in [2.24, 2.45) is 0 Å². The molecular weight excluding hydrogens is 377 g/mol. The van der Waals surface area contributed by atoms with Gasteiger partial charge in [-0.15, -0.1) is 0 Å². The minimum atomic E-state index is -4.34. The number of rotatable bonds is 4. The van der Waals surface area contributed by atoms with Crippen LogP contribution in [0.25, 0.3) is 34.3 Å². The van der Waals surface area contributed by atoms with E-state index in [0.29, 0.717) is 11.4 Å².